The highest BCUT2D eigenvalue weighted by atomic mass is 79.9. The van der Waals surface area contributed by atoms with Crippen molar-refractivity contribution in [2.24, 2.45) is 0 Å². The summed E-state index contributed by atoms with van der Waals surface area (Å²) < 4.78 is 4.47. The van der Waals surface area contributed by atoms with Gasteiger partial charge in [-0.05, 0) is 29.8 Å². The predicted octanol–water partition coefficient (Wildman–Crippen LogP) is 4.20. The molecule has 1 N–H and O–H groups in total. The van der Waals surface area contributed by atoms with Crippen LogP contribution >= 0.6 is 15.9 Å². The normalized spacial score (nSPS) is 10.9. The van der Waals surface area contributed by atoms with E-state index < -0.39 is 4.92 Å². The van der Waals surface area contributed by atoms with E-state index in [1.54, 1.807) is 39.8 Å². The van der Waals surface area contributed by atoms with Crippen LogP contribution in [-0.2, 0) is 17.9 Å². The smallest absolute Gasteiger partial charge is 0.270 e. The van der Waals surface area contributed by atoms with Crippen LogP contribution in [0.25, 0.3) is 10.9 Å². The number of benzene rings is 2. The van der Waals surface area contributed by atoms with Crippen LogP contribution in [-0.4, -0.2) is 25.2 Å². The first kappa shape index (κ1) is 18.9. The number of aromatic nitrogens is 3. The van der Waals surface area contributed by atoms with Crippen LogP contribution < -0.4 is 5.32 Å². The van der Waals surface area contributed by atoms with Gasteiger partial charge in [-0.25, -0.2) is 4.68 Å². The molecule has 29 heavy (non-hydrogen) atoms. The molecular weight excluding hydrogens is 438 g/mol. The van der Waals surface area contributed by atoms with E-state index >= 15 is 0 Å². The molecule has 2 aromatic heterocycles. The second-order valence-corrected chi connectivity index (χ2v) is 7.41. The molecule has 2 heterocycles. The average molecular weight is 454 g/mol. The van der Waals surface area contributed by atoms with E-state index in [2.05, 4.69) is 26.3 Å². The minimum absolute atomic E-state index is 0.0246. The molecule has 0 aliphatic heterocycles. The van der Waals surface area contributed by atoms with Crippen molar-refractivity contribution in [3.05, 3.63) is 87.1 Å². The van der Waals surface area contributed by atoms with E-state index in [1.807, 2.05) is 24.3 Å². The van der Waals surface area contributed by atoms with Crippen LogP contribution in [0.15, 0.2) is 71.5 Å². The molecule has 0 saturated heterocycles. The Morgan fingerprint density at radius 1 is 1.14 bits per heavy atom. The van der Waals surface area contributed by atoms with Crippen LogP contribution in [0, 0.1) is 10.1 Å². The van der Waals surface area contributed by atoms with Gasteiger partial charge >= 0.3 is 0 Å². The summed E-state index contributed by atoms with van der Waals surface area (Å²) in [6.07, 6.45) is 3.38. The number of nitrogens with one attached hydrogen (secondary N) is 1. The third kappa shape index (κ3) is 4.19. The second-order valence-electron chi connectivity index (χ2n) is 6.49. The Morgan fingerprint density at radius 2 is 1.93 bits per heavy atom. The first-order chi connectivity index (χ1) is 14.0. The molecule has 0 unspecified atom stereocenters. The van der Waals surface area contributed by atoms with Gasteiger partial charge in [0.1, 0.15) is 12.4 Å². The number of carbonyl (C=O) groups excluding carboxylic acids is 1. The lowest BCUT2D eigenvalue weighted by Crippen LogP contribution is -2.20. The summed E-state index contributed by atoms with van der Waals surface area (Å²) in [5.41, 5.74) is 1.84. The molecule has 146 valence electrons. The minimum atomic E-state index is -0.434. The second kappa shape index (κ2) is 7.88. The van der Waals surface area contributed by atoms with Gasteiger partial charge in [-0.1, -0.05) is 28.1 Å². The Hall–Kier alpha value is -3.46. The first-order valence-corrected chi connectivity index (χ1v) is 9.58. The predicted molar refractivity (Wildman–Crippen MR) is 113 cm³/mol. The van der Waals surface area contributed by atoms with Crippen LogP contribution in [0.4, 0.5) is 11.5 Å². The van der Waals surface area contributed by atoms with Crippen molar-refractivity contribution in [3.63, 3.8) is 0 Å². The maximum absolute atomic E-state index is 12.6. The van der Waals surface area contributed by atoms with Crippen LogP contribution in [0.2, 0.25) is 0 Å². The lowest BCUT2D eigenvalue weighted by atomic mass is 10.2. The van der Waals surface area contributed by atoms with Gasteiger partial charge in [0.15, 0.2) is 0 Å². The molecule has 0 spiro atoms. The fourth-order valence-corrected chi connectivity index (χ4v) is 3.37. The Balaban J connectivity index is 1.47. The maximum Gasteiger partial charge on any atom is 0.270 e. The minimum Gasteiger partial charge on any atom is -0.338 e. The number of nitro groups is 1. The zero-order valence-electron chi connectivity index (χ0n) is 15.2. The van der Waals surface area contributed by atoms with E-state index in [0.29, 0.717) is 17.7 Å². The number of hydrogen-bond donors (Lipinski definition) is 1. The van der Waals surface area contributed by atoms with Crippen molar-refractivity contribution >= 4 is 44.2 Å². The highest BCUT2D eigenvalue weighted by Gasteiger charge is 2.12. The van der Waals surface area contributed by atoms with Gasteiger partial charge < -0.3 is 9.88 Å². The molecule has 0 atom stereocenters. The Labute approximate surface area is 174 Å². The number of non-ortho nitro benzene ring substituents is 1. The average Bonchev–Trinajstić information content (AvgIpc) is 3.30. The van der Waals surface area contributed by atoms with Gasteiger partial charge in [0.05, 0.1) is 17.7 Å². The zero-order chi connectivity index (χ0) is 20.4. The Kier molecular flexibility index (Phi) is 5.13. The molecule has 0 saturated carbocycles. The molecular formula is C20H16BrN5O3. The van der Waals surface area contributed by atoms with Crippen molar-refractivity contribution in [1.82, 2.24) is 14.3 Å². The van der Waals surface area contributed by atoms with Gasteiger partial charge in [0.2, 0.25) is 5.91 Å². The van der Waals surface area contributed by atoms with Crippen LogP contribution in [0.5, 0.6) is 0 Å². The van der Waals surface area contributed by atoms with Crippen molar-refractivity contribution < 1.29 is 9.72 Å². The van der Waals surface area contributed by atoms with Crippen molar-refractivity contribution in [3.8, 4) is 0 Å². The number of rotatable bonds is 6. The van der Waals surface area contributed by atoms with E-state index in [0.717, 1.165) is 15.6 Å². The van der Waals surface area contributed by atoms with Crippen LogP contribution in [0.1, 0.15) is 5.56 Å². The number of carbonyl (C=O) groups is 1. The van der Waals surface area contributed by atoms with Gasteiger partial charge in [0.25, 0.3) is 5.69 Å². The van der Waals surface area contributed by atoms with Crippen molar-refractivity contribution in [2.45, 2.75) is 13.1 Å². The molecule has 8 nitrogen and oxygen atoms in total. The van der Waals surface area contributed by atoms with Gasteiger partial charge in [-0.15, -0.1) is 0 Å². The van der Waals surface area contributed by atoms with E-state index in [1.165, 1.54) is 12.1 Å². The summed E-state index contributed by atoms with van der Waals surface area (Å²) in [7, 11) is 0. The maximum atomic E-state index is 12.6. The monoisotopic (exact) mass is 453 g/mol. The molecule has 0 aliphatic carbocycles. The summed E-state index contributed by atoms with van der Waals surface area (Å²) in [5.74, 6) is 0.392. The number of fused-ring (bicyclic) bond motifs is 1. The van der Waals surface area contributed by atoms with Crippen molar-refractivity contribution in [2.75, 3.05) is 5.32 Å². The van der Waals surface area contributed by atoms with Gasteiger partial charge in [-0.3, -0.25) is 14.9 Å². The molecule has 1 amide bonds. The van der Waals surface area contributed by atoms with Gasteiger partial charge in [-0.2, -0.15) is 5.10 Å². The standard InChI is InChI=1S/C20H16BrN5O3/c21-16-3-1-14(2-4-16)12-25-19(7-9-22-25)23-20(27)13-24-10-8-15-11-17(26(28)29)5-6-18(15)24/h1-11H,12-13H2,(H,23,27). The fraction of sp³-hybridized carbons (Fsp3) is 0.100. The summed E-state index contributed by atoms with van der Waals surface area (Å²) in [4.78, 5) is 23.0. The largest absolute Gasteiger partial charge is 0.338 e. The third-order valence-corrected chi connectivity index (χ3v) is 5.04. The van der Waals surface area contributed by atoms with E-state index in [4.69, 9.17) is 0 Å². The molecule has 0 aliphatic rings. The molecule has 2 aromatic carbocycles. The Morgan fingerprint density at radius 3 is 2.69 bits per heavy atom. The molecule has 9 heteroatoms. The van der Waals surface area contributed by atoms with Crippen molar-refractivity contribution in [1.29, 1.82) is 0 Å². The third-order valence-electron chi connectivity index (χ3n) is 4.51. The van der Waals surface area contributed by atoms with Crippen LogP contribution in [0.3, 0.4) is 0 Å². The summed E-state index contributed by atoms with van der Waals surface area (Å²) in [6.45, 7) is 0.622. The number of anilines is 1. The highest BCUT2D eigenvalue weighted by Crippen LogP contribution is 2.22. The summed E-state index contributed by atoms with van der Waals surface area (Å²) in [5, 5.41) is 18.8. The molecule has 4 aromatic rings. The number of hydrogen-bond acceptors (Lipinski definition) is 4. The zero-order valence-corrected chi connectivity index (χ0v) is 16.7. The lowest BCUT2D eigenvalue weighted by Gasteiger charge is -2.10. The number of amides is 1. The fourth-order valence-electron chi connectivity index (χ4n) is 3.10. The lowest BCUT2D eigenvalue weighted by molar-refractivity contribution is -0.384. The number of nitrogens with zero attached hydrogens (tertiary/aromatic N) is 4. The molecule has 4 rings (SSSR count). The number of nitro benzene ring substituents is 1. The summed E-state index contributed by atoms with van der Waals surface area (Å²) in [6, 6.07) is 16.0. The molecule has 0 fully saturated rings. The van der Waals surface area contributed by atoms with E-state index in [9.17, 15) is 14.9 Å². The highest BCUT2D eigenvalue weighted by molar-refractivity contribution is 9.10. The Bertz CT molecular complexity index is 1200. The summed E-state index contributed by atoms with van der Waals surface area (Å²) >= 11 is 3.41. The topological polar surface area (TPSA) is 95.0 Å². The molecule has 0 radical (unpaired) electrons. The number of halogens is 1. The molecule has 0 bridgehead atoms. The first-order valence-electron chi connectivity index (χ1n) is 8.79. The van der Waals surface area contributed by atoms with Gasteiger partial charge in [0, 0.05) is 39.8 Å². The quantitative estimate of drug-likeness (QED) is 0.349. The van der Waals surface area contributed by atoms with E-state index in [-0.39, 0.29) is 18.1 Å². The SMILES string of the molecule is O=C(Cn1ccc2cc([N+](=O)[O-])ccc21)Nc1ccnn1Cc1ccc(Br)cc1.